The number of primary amides is 1. The standard InChI is InChI=1S/C18H15FN2O4S2/c1-11-2-4-12(5-3-11)16-21-17(18(25-16)26-10-15(20)22)27(23,24)14-8-6-13(19)7-9-14/h2-9H,10H2,1H3,(H2,20,22). The van der Waals surface area contributed by atoms with E-state index in [0.29, 0.717) is 5.56 Å². The molecule has 3 aromatic rings. The Kier molecular flexibility index (Phi) is 5.33. The largest absolute Gasteiger partial charge is 0.428 e. The van der Waals surface area contributed by atoms with Crippen LogP contribution < -0.4 is 5.73 Å². The van der Waals surface area contributed by atoms with Crippen molar-refractivity contribution in [3.63, 3.8) is 0 Å². The van der Waals surface area contributed by atoms with Crippen LogP contribution in [0.3, 0.4) is 0 Å². The second kappa shape index (κ2) is 7.53. The molecule has 0 aliphatic heterocycles. The molecule has 2 aromatic carbocycles. The Morgan fingerprint density at radius 3 is 2.37 bits per heavy atom. The number of nitrogens with zero attached hydrogens (tertiary/aromatic N) is 1. The van der Waals surface area contributed by atoms with Crippen LogP contribution in [0.25, 0.3) is 11.5 Å². The van der Waals surface area contributed by atoms with E-state index in [0.717, 1.165) is 41.6 Å². The first-order valence-electron chi connectivity index (χ1n) is 7.77. The van der Waals surface area contributed by atoms with Crippen molar-refractivity contribution in [3.05, 3.63) is 59.9 Å². The Morgan fingerprint density at radius 1 is 1.15 bits per heavy atom. The van der Waals surface area contributed by atoms with Crippen molar-refractivity contribution in [1.29, 1.82) is 0 Å². The minimum absolute atomic E-state index is 0.0475. The lowest BCUT2D eigenvalue weighted by Gasteiger charge is -2.02. The molecule has 27 heavy (non-hydrogen) atoms. The normalized spacial score (nSPS) is 11.5. The molecular weight excluding hydrogens is 391 g/mol. The van der Waals surface area contributed by atoms with Crippen molar-refractivity contribution in [3.8, 4) is 11.5 Å². The maximum atomic E-state index is 13.1. The summed E-state index contributed by atoms with van der Waals surface area (Å²) >= 11 is 0.842. The Hall–Kier alpha value is -2.65. The zero-order valence-electron chi connectivity index (χ0n) is 14.2. The molecule has 0 atom stereocenters. The minimum Gasteiger partial charge on any atom is -0.428 e. The van der Waals surface area contributed by atoms with Crippen LogP contribution in [0.5, 0.6) is 0 Å². The molecule has 0 saturated carbocycles. The summed E-state index contributed by atoms with van der Waals surface area (Å²) in [5.74, 6) is -1.26. The zero-order chi connectivity index (χ0) is 19.6. The molecule has 0 saturated heterocycles. The number of carbonyl (C=O) groups excluding carboxylic acids is 1. The van der Waals surface area contributed by atoms with E-state index in [1.165, 1.54) is 0 Å². The molecule has 0 bridgehead atoms. The third-order valence-corrected chi connectivity index (χ3v) is 6.37. The summed E-state index contributed by atoms with van der Waals surface area (Å²) in [6.45, 7) is 1.91. The number of amides is 1. The van der Waals surface area contributed by atoms with E-state index in [1.807, 2.05) is 19.1 Å². The number of halogens is 1. The van der Waals surface area contributed by atoms with Crippen molar-refractivity contribution in [2.75, 3.05) is 5.75 Å². The average molecular weight is 406 g/mol. The van der Waals surface area contributed by atoms with Crippen LogP contribution in [0.2, 0.25) is 0 Å². The van der Waals surface area contributed by atoms with Gasteiger partial charge >= 0.3 is 0 Å². The van der Waals surface area contributed by atoms with Gasteiger partial charge in [0, 0.05) is 5.56 Å². The fraction of sp³-hybridized carbons (Fsp3) is 0.111. The lowest BCUT2D eigenvalue weighted by atomic mass is 10.1. The molecule has 0 unspecified atom stereocenters. The van der Waals surface area contributed by atoms with Crippen LogP contribution in [0.15, 0.2) is 68.0 Å². The monoisotopic (exact) mass is 406 g/mol. The van der Waals surface area contributed by atoms with E-state index in [1.54, 1.807) is 12.1 Å². The van der Waals surface area contributed by atoms with Crippen molar-refractivity contribution >= 4 is 27.5 Å². The number of rotatable bonds is 6. The summed E-state index contributed by atoms with van der Waals surface area (Å²) in [7, 11) is -4.07. The Bertz CT molecular complexity index is 1080. The van der Waals surface area contributed by atoms with Gasteiger partial charge in [-0.05, 0) is 43.3 Å². The number of sulfone groups is 1. The lowest BCUT2D eigenvalue weighted by molar-refractivity contribution is -0.115. The average Bonchev–Trinajstić information content (AvgIpc) is 3.06. The number of hydrogen-bond donors (Lipinski definition) is 1. The minimum atomic E-state index is -4.07. The van der Waals surface area contributed by atoms with E-state index in [2.05, 4.69) is 4.98 Å². The molecule has 1 heterocycles. The number of nitrogens with two attached hydrogens (primary N) is 1. The topological polar surface area (TPSA) is 103 Å². The predicted octanol–water partition coefficient (Wildman–Crippen LogP) is 3.20. The van der Waals surface area contributed by atoms with Gasteiger partial charge in [0.1, 0.15) is 5.82 Å². The first-order valence-corrected chi connectivity index (χ1v) is 10.2. The highest BCUT2D eigenvalue weighted by Crippen LogP contribution is 2.34. The predicted molar refractivity (Wildman–Crippen MR) is 98.4 cm³/mol. The molecule has 0 spiro atoms. The van der Waals surface area contributed by atoms with E-state index in [4.69, 9.17) is 10.2 Å². The molecular formula is C18H15FN2O4S2. The summed E-state index contributed by atoms with van der Waals surface area (Å²) in [6.07, 6.45) is 0. The Morgan fingerprint density at radius 2 is 1.78 bits per heavy atom. The molecule has 3 rings (SSSR count). The van der Waals surface area contributed by atoms with E-state index in [9.17, 15) is 17.6 Å². The number of carbonyl (C=O) groups is 1. The van der Waals surface area contributed by atoms with Crippen LogP contribution in [0, 0.1) is 12.7 Å². The van der Waals surface area contributed by atoms with Crippen molar-refractivity contribution < 1.29 is 22.0 Å². The molecule has 9 heteroatoms. The van der Waals surface area contributed by atoms with Gasteiger partial charge in [0.2, 0.25) is 31.8 Å². The molecule has 1 amide bonds. The molecule has 6 nitrogen and oxygen atoms in total. The quantitative estimate of drug-likeness (QED) is 0.498. The summed E-state index contributed by atoms with van der Waals surface area (Å²) in [4.78, 5) is 15.1. The van der Waals surface area contributed by atoms with Gasteiger partial charge in [-0.1, -0.05) is 29.5 Å². The number of benzene rings is 2. The number of thioether (sulfide) groups is 1. The molecule has 0 aliphatic carbocycles. The van der Waals surface area contributed by atoms with Crippen LogP contribution in [0.1, 0.15) is 5.56 Å². The van der Waals surface area contributed by atoms with Gasteiger partial charge in [0.05, 0.1) is 10.6 Å². The van der Waals surface area contributed by atoms with Crippen LogP contribution >= 0.6 is 11.8 Å². The highest BCUT2D eigenvalue weighted by atomic mass is 32.2. The van der Waals surface area contributed by atoms with Crippen LogP contribution in [-0.2, 0) is 14.6 Å². The fourth-order valence-corrected chi connectivity index (χ4v) is 4.50. The summed E-state index contributed by atoms with van der Waals surface area (Å²) in [5.41, 5.74) is 6.76. The number of hydrogen-bond acceptors (Lipinski definition) is 6. The maximum Gasteiger partial charge on any atom is 0.228 e. The van der Waals surface area contributed by atoms with Gasteiger partial charge in [0.25, 0.3) is 0 Å². The molecule has 0 radical (unpaired) electrons. The van der Waals surface area contributed by atoms with Gasteiger partial charge in [0.15, 0.2) is 0 Å². The summed E-state index contributed by atoms with van der Waals surface area (Å²) < 4.78 is 44.6. The van der Waals surface area contributed by atoms with Gasteiger partial charge in [-0.3, -0.25) is 4.79 Å². The second-order valence-electron chi connectivity index (χ2n) is 5.69. The number of aryl methyl sites for hydroxylation is 1. The first kappa shape index (κ1) is 19.1. The van der Waals surface area contributed by atoms with Crippen molar-refractivity contribution in [2.24, 2.45) is 5.73 Å². The molecule has 0 fully saturated rings. The third-order valence-electron chi connectivity index (χ3n) is 3.59. The smallest absolute Gasteiger partial charge is 0.228 e. The van der Waals surface area contributed by atoms with Gasteiger partial charge in [-0.25, -0.2) is 12.8 Å². The van der Waals surface area contributed by atoms with Crippen LogP contribution in [0.4, 0.5) is 4.39 Å². The molecule has 0 aliphatic rings. The summed E-state index contributed by atoms with van der Waals surface area (Å²) in [6, 6.07) is 11.6. The van der Waals surface area contributed by atoms with Gasteiger partial charge < -0.3 is 10.2 Å². The number of aromatic nitrogens is 1. The van der Waals surface area contributed by atoms with Crippen molar-refractivity contribution in [2.45, 2.75) is 21.9 Å². The highest BCUT2D eigenvalue weighted by molar-refractivity contribution is 8.00. The van der Waals surface area contributed by atoms with Crippen LogP contribution in [-0.4, -0.2) is 25.1 Å². The van der Waals surface area contributed by atoms with Gasteiger partial charge in [-0.15, -0.1) is 0 Å². The third kappa shape index (κ3) is 4.20. The second-order valence-corrected chi connectivity index (χ2v) is 8.50. The highest BCUT2D eigenvalue weighted by Gasteiger charge is 2.29. The van der Waals surface area contributed by atoms with E-state index >= 15 is 0 Å². The molecule has 1 aromatic heterocycles. The van der Waals surface area contributed by atoms with Crippen molar-refractivity contribution in [1.82, 2.24) is 4.98 Å². The molecule has 140 valence electrons. The SMILES string of the molecule is Cc1ccc(-c2nc(S(=O)(=O)c3ccc(F)cc3)c(SCC(N)=O)o2)cc1. The fourth-order valence-electron chi connectivity index (χ4n) is 2.23. The Labute approximate surface area is 159 Å². The van der Waals surface area contributed by atoms with E-state index < -0.39 is 21.6 Å². The first-order chi connectivity index (χ1) is 12.8. The van der Waals surface area contributed by atoms with E-state index in [-0.39, 0.29) is 26.7 Å². The maximum absolute atomic E-state index is 13.1. The zero-order valence-corrected chi connectivity index (χ0v) is 15.8. The summed E-state index contributed by atoms with van der Waals surface area (Å²) in [5, 5.41) is -0.385. The Balaban J connectivity index is 2.10. The lowest BCUT2D eigenvalue weighted by Crippen LogP contribution is -2.13. The number of oxazole rings is 1. The van der Waals surface area contributed by atoms with Gasteiger partial charge in [-0.2, -0.15) is 4.98 Å². The molecule has 2 N–H and O–H groups in total.